The second kappa shape index (κ2) is 15.1. The number of aromatic amines is 1. The van der Waals surface area contributed by atoms with Crippen LogP contribution >= 0.6 is 0 Å². The number of hydrogen-bond donors (Lipinski definition) is 2. The normalized spacial score (nSPS) is 15.9. The van der Waals surface area contributed by atoms with Crippen LogP contribution in [-0.2, 0) is 6.42 Å². The number of fused-ring (bicyclic) bond motifs is 2. The van der Waals surface area contributed by atoms with Gasteiger partial charge in [-0.3, -0.25) is 4.98 Å². The van der Waals surface area contributed by atoms with Gasteiger partial charge in [-0.2, -0.15) is 0 Å². The van der Waals surface area contributed by atoms with E-state index in [1.807, 2.05) is 30.7 Å². The Bertz CT molecular complexity index is 1170. The van der Waals surface area contributed by atoms with Crippen molar-refractivity contribution in [3.63, 3.8) is 0 Å². The summed E-state index contributed by atoms with van der Waals surface area (Å²) in [5, 5.41) is 3.07. The Morgan fingerprint density at radius 3 is 2.32 bits per heavy atom. The number of allylic oxidation sites excluding steroid dienone is 3. The van der Waals surface area contributed by atoms with Crippen molar-refractivity contribution in [3.05, 3.63) is 89.9 Å². The van der Waals surface area contributed by atoms with Crippen LogP contribution in [0, 0.1) is 11.8 Å². The fourth-order valence-corrected chi connectivity index (χ4v) is 4.55. The van der Waals surface area contributed by atoms with Crippen molar-refractivity contribution in [2.75, 3.05) is 0 Å². The van der Waals surface area contributed by atoms with Crippen molar-refractivity contribution < 1.29 is 0 Å². The first-order valence-corrected chi connectivity index (χ1v) is 12.8. The number of rotatable bonds is 3. The maximum absolute atomic E-state index is 4.19. The van der Waals surface area contributed by atoms with E-state index in [0.717, 1.165) is 28.7 Å². The zero-order chi connectivity index (χ0) is 25.4. The molecule has 3 aromatic heterocycles. The predicted molar refractivity (Wildman–Crippen MR) is 161 cm³/mol. The molecule has 2 aliphatic rings. The molecule has 3 aromatic rings. The summed E-state index contributed by atoms with van der Waals surface area (Å²) in [4.78, 5) is 15.5. The van der Waals surface area contributed by atoms with Gasteiger partial charge in [0.2, 0.25) is 0 Å². The van der Waals surface area contributed by atoms with Gasteiger partial charge in [-0.1, -0.05) is 69.1 Å². The number of aryl methyl sites for hydroxylation is 1. The van der Waals surface area contributed by atoms with Gasteiger partial charge in [-0.15, -0.1) is 0 Å². The summed E-state index contributed by atoms with van der Waals surface area (Å²) in [5.74, 6) is 2.64. The summed E-state index contributed by atoms with van der Waals surface area (Å²) in [6, 6.07) is 4.24. The minimum atomic E-state index is 0. The molecule has 0 saturated carbocycles. The molecule has 2 N–H and O–H groups in total. The van der Waals surface area contributed by atoms with Gasteiger partial charge in [-0.25, -0.2) is 9.97 Å². The molecule has 0 spiro atoms. The van der Waals surface area contributed by atoms with Crippen molar-refractivity contribution in [2.24, 2.45) is 11.8 Å². The van der Waals surface area contributed by atoms with E-state index in [0.29, 0.717) is 11.8 Å². The van der Waals surface area contributed by atoms with Crippen LogP contribution < -0.4 is 5.32 Å². The maximum Gasteiger partial charge on any atom is 0.177 e. The molecule has 0 aromatic carbocycles. The lowest BCUT2D eigenvalue weighted by Crippen LogP contribution is -2.14. The van der Waals surface area contributed by atoms with Crippen LogP contribution in [0.3, 0.4) is 0 Å². The van der Waals surface area contributed by atoms with Crippen molar-refractivity contribution in [3.8, 4) is 0 Å². The van der Waals surface area contributed by atoms with Crippen molar-refractivity contribution >= 4 is 11.2 Å². The Hall–Kier alpha value is -3.21. The quantitative estimate of drug-likeness (QED) is 0.375. The molecular formula is C32H49N5. The molecule has 0 radical (unpaired) electrons. The highest BCUT2D eigenvalue weighted by Crippen LogP contribution is 2.35. The Labute approximate surface area is 225 Å². The Morgan fingerprint density at radius 2 is 1.70 bits per heavy atom. The van der Waals surface area contributed by atoms with Crippen LogP contribution in [0.4, 0.5) is 0 Å². The number of H-pyrrole nitrogens is 1. The zero-order valence-electron chi connectivity index (χ0n) is 22.2. The number of aromatic nitrogens is 4. The van der Waals surface area contributed by atoms with Gasteiger partial charge in [0.1, 0.15) is 0 Å². The molecule has 1 aliphatic carbocycles. The number of hydrogen-bond acceptors (Lipinski definition) is 4. The number of nitrogens with one attached hydrogen (secondary N) is 2. The van der Waals surface area contributed by atoms with Gasteiger partial charge in [0.05, 0.1) is 11.8 Å². The van der Waals surface area contributed by atoms with Crippen LogP contribution in [0.1, 0.15) is 97.8 Å². The van der Waals surface area contributed by atoms with Gasteiger partial charge in [-0.05, 0) is 83.4 Å². The summed E-state index contributed by atoms with van der Waals surface area (Å²) < 4.78 is 0. The van der Waals surface area contributed by atoms with Gasteiger partial charge in [0.15, 0.2) is 5.65 Å². The second-order valence-electron chi connectivity index (χ2n) is 10.3. The first-order valence-electron chi connectivity index (χ1n) is 12.8. The summed E-state index contributed by atoms with van der Waals surface area (Å²) >= 11 is 0. The van der Waals surface area contributed by atoms with E-state index >= 15 is 0 Å². The second-order valence-corrected chi connectivity index (χ2v) is 10.3. The molecule has 0 bridgehead atoms. The molecule has 0 fully saturated rings. The highest BCUT2D eigenvalue weighted by Gasteiger charge is 2.22. The van der Waals surface area contributed by atoms with Crippen molar-refractivity contribution in [1.82, 2.24) is 25.3 Å². The monoisotopic (exact) mass is 503 g/mol. The van der Waals surface area contributed by atoms with Crippen LogP contribution in [0.2, 0.25) is 0 Å². The lowest BCUT2D eigenvalue weighted by molar-refractivity contribution is 0.433. The molecule has 5 nitrogen and oxygen atoms in total. The lowest BCUT2D eigenvalue weighted by atomic mass is 9.78. The predicted octanol–water partition coefficient (Wildman–Crippen LogP) is 8.71. The molecule has 1 unspecified atom stereocenters. The topological polar surface area (TPSA) is 66.5 Å². The number of imidazole rings is 1. The van der Waals surface area contributed by atoms with Crippen molar-refractivity contribution in [2.45, 2.75) is 87.5 Å². The Morgan fingerprint density at radius 1 is 0.946 bits per heavy atom. The number of dihydropyridines is 1. The number of pyridine rings is 2. The third kappa shape index (κ3) is 8.70. The Kier molecular flexibility index (Phi) is 13.0. The van der Waals surface area contributed by atoms with Gasteiger partial charge >= 0.3 is 0 Å². The largest absolute Gasteiger partial charge is 0.362 e. The standard InChI is InChI=1S/C12H17N.C9H11N3.C9H13N.2CH4/c1-9(2)11-5-3-4-10-8-13-7-6-12(10)11;1-6(2)7-3-4-10-9-8(7)11-5-12-9;1-7(2)9-5-4-8(3)10-6-9;;/h6-9,11H,3-5H2,1-2H3;3-6H,1-2H3,(H,10,11,12);4-7,10H,3H2,1-2H3;2*1H4. The molecule has 0 saturated heterocycles. The minimum absolute atomic E-state index is 0. The molecule has 1 aliphatic heterocycles. The van der Waals surface area contributed by atoms with E-state index < -0.39 is 0 Å². The van der Waals surface area contributed by atoms with E-state index in [1.165, 1.54) is 36.0 Å². The van der Waals surface area contributed by atoms with E-state index in [9.17, 15) is 0 Å². The lowest BCUT2D eigenvalue weighted by Gasteiger charge is -2.27. The summed E-state index contributed by atoms with van der Waals surface area (Å²) in [5.41, 5.74) is 8.46. The third-order valence-electron chi connectivity index (χ3n) is 6.66. The average molecular weight is 504 g/mol. The first kappa shape index (κ1) is 31.8. The fourth-order valence-electron chi connectivity index (χ4n) is 4.55. The first-order chi connectivity index (χ1) is 16.8. The zero-order valence-corrected chi connectivity index (χ0v) is 22.2. The summed E-state index contributed by atoms with van der Waals surface area (Å²) in [6.45, 7) is 17.1. The molecule has 5 rings (SSSR count). The van der Waals surface area contributed by atoms with Crippen LogP contribution in [-0.4, -0.2) is 19.9 Å². The SMILES string of the molecule is C.C.C=C1C=CC(C(C)C)=CN1.CC(C)C1CCCc2cnccc21.CC(C)c1ccnc2nc[nH]c12. The molecule has 37 heavy (non-hydrogen) atoms. The molecular weight excluding hydrogens is 454 g/mol. The average Bonchev–Trinajstić information content (AvgIpc) is 3.34. The van der Waals surface area contributed by atoms with Gasteiger partial charge < -0.3 is 10.3 Å². The van der Waals surface area contributed by atoms with E-state index in [2.05, 4.69) is 85.5 Å². The third-order valence-corrected chi connectivity index (χ3v) is 6.66. The Balaban J connectivity index is 0.000000273. The molecule has 1 atom stereocenters. The molecule has 0 amide bonds. The highest BCUT2D eigenvalue weighted by molar-refractivity contribution is 5.74. The summed E-state index contributed by atoms with van der Waals surface area (Å²) in [7, 11) is 0. The summed E-state index contributed by atoms with van der Waals surface area (Å²) in [6.07, 6.45) is 17.5. The van der Waals surface area contributed by atoms with E-state index in [-0.39, 0.29) is 14.9 Å². The number of nitrogens with zero attached hydrogens (tertiary/aromatic N) is 3. The van der Waals surface area contributed by atoms with Gasteiger partial charge in [0.25, 0.3) is 0 Å². The van der Waals surface area contributed by atoms with Crippen LogP contribution in [0.25, 0.3) is 11.2 Å². The minimum Gasteiger partial charge on any atom is -0.362 e. The van der Waals surface area contributed by atoms with E-state index in [1.54, 1.807) is 18.1 Å². The highest BCUT2D eigenvalue weighted by atomic mass is 14.9. The molecule has 5 heteroatoms. The van der Waals surface area contributed by atoms with E-state index in [4.69, 9.17) is 0 Å². The van der Waals surface area contributed by atoms with Crippen molar-refractivity contribution in [1.29, 1.82) is 0 Å². The molecule has 202 valence electrons. The van der Waals surface area contributed by atoms with Crippen LogP contribution in [0.15, 0.2) is 73.3 Å². The van der Waals surface area contributed by atoms with Crippen LogP contribution in [0.5, 0.6) is 0 Å². The van der Waals surface area contributed by atoms with Gasteiger partial charge in [0, 0.05) is 30.5 Å². The molecule has 4 heterocycles. The smallest absolute Gasteiger partial charge is 0.177 e. The fraction of sp³-hybridized carbons (Fsp3) is 0.469. The maximum atomic E-state index is 4.19.